The van der Waals surface area contributed by atoms with Gasteiger partial charge in [-0.05, 0) is 31.2 Å². The van der Waals surface area contributed by atoms with Crippen molar-refractivity contribution in [2.45, 2.75) is 13.5 Å². The van der Waals surface area contributed by atoms with Crippen LogP contribution in [0.15, 0.2) is 76.9 Å². The first-order valence-electron chi connectivity index (χ1n) is 10.4. The average molecular weight is 471 g/mol. The van der Waals surface area contributed by atoms with Crippen molar-refractivity contribution in [2.75, 3.05) is 5.32 Å². The van der Waals surface area contributed by atoms with Crippen molar-refractivity contribution in [1.29, 1.82) is 0 Å². The number of nitro benzene ring substituents is 1. The highest BCUT2D eigenvalue weighted by Crippen LogP contribution is 2.29. The number of aromatic nitrogens is 2. The number of rotatable bonds is 5. The van der Waals surface area contributed by atoms with Crippen LogP contribution >= 0.6 is 11.3 Å². The standard InChI is InChI=1S/C25H18N4O4S/c1-15-10-11-16(12-22(15)29(32)33)19-14-34-25(26-19)27-23(30)13-28-20-8-4-2-6-17(20)24(31)18-7-3-5-9-21(18)28/h2-12,14H,13H2,1H3,(H,26,27,30). The number of hydrogen-bond donors (Lipinski definition) is 1. The molecule has 0 fully saturated rings. The van der Waals surface area contributed by atoms with E-state index in [-0.39, 0.29) is 23.6 Å². The van der Waals surface area contributed by atoms with Crippen molar-refractivity contribution in [3.63, 3.8) is 0 Å². The number of pyridine rings is 1. The molecule has 1 amide bonds. The Morgan fingerprint density at radius 3 is 2.35 bits per heavy atom. The zero-order chi connectivity index (χ0) is 23.8. The lowest BCUT2D eigenvalue weighted by Crippen LogP contribution is -2.21. The van der Waals surface area contributed by atoms with Crippen LogP contribution < -0.4 is 10.7 Å². The maximum atomic E-state index is 13.0. The number of amides is 1. The molecule has 34 heavy (non-hydrogen) atoms. The van der Waals surface area contributed by atoms with E-state index in [0.29, 0.717) is 43.8 Å². The van der Waals surface area contributed by atoms with Crippen LogP contribution in [0.1, 0.15) is 5.56 Å². The molecule has 9 heteroatoms. The lowest BCUT2D eigenvalue weighted by Gasteiger charge is -2.14. The average Bonchev–Trinajstić information content (AvgIpc) is 3.30. The van der Waals surface area contributed by atoms with Crippen LogP contribution in [-0.4, -0.2) is 20.4 Å². The molecule has 0 saturated carbocycles. The zero-order valence-electron chi connectivity index (χ0n) is 18.0. The van der Waals surface area contributed by atoms with Gasteiger partial charge in [-0.25, -0.2) is 4.98 Å². The number of nitro groups is 1. The molecule has 0 aliphatic heterocycles. The number of carbonyl (C=O) groups excluding carboxylic acids is 1. The van der Waals surface area contributed by atoms with E-state index >= 15 is 0 Å². The van der Waals surface area contributed by atoms with Gasteiger partial charge in [0.1, 0.15) is 6.54 Å². The van der Waals surface area contributed by atoms with E-state index in [1.165, 1.54) is 17.4 Å². The Morgan fingerprint density at radius 2 is 1.71 bits per heavy atom. The van der Waals surface area contributed by atoms with Gasteiger partial charge in [-0.15, -0.1) is 11.3 Å². The number of benzene rings is 3. The highest BCUT2D eigenvalue weighted by Gasteiger charge is 2.16. The van der Waals surface area contributed by atoms with Gasteiger partial charge in [-0.1, -0.05) is 36.4 Å². The first kappa shape index (κ1) is 21.5. The Labute approximate surface area is 197 Å². The van der Waals surface area contributed by atoms with Gasteiger partial charge in [0.2, 0.25) is 5.91 Å². The minimum absolute atomic E-state index is 0.00771. The summed E-state index contributed by atoms with van der Waals surface area (Å²) in [6.45, 7) is 1.67. The Morgan fingerprint density at radius 1 is 1.06 bits per heavy atom. The first-order chi connectivity index (χ1) is 16.4. The summed E-state index contributed by atoms with van der Waals surface area (Å²) in [6, 6.07) is 19.3. The van der Waals surface area contributed by atoms with Gasteiger partial charge in [0.25, 0.3) is 5.69 Å². The molecule has 8 nitrogen and oxygen atoms in total. The van der Waals surface area contributed by atoms with E-state index in [9.17, 15) is 19.7 Å². The highest BCUT2D eigenvalue weighted by molar-refractivity contribution is 7.14. The monoisotopic (exact) mass is 470 g/mol. The maximum Gasteiger partial charge on any atom is 0.272 e. The summed E-state index contributed by atoms with van der Waals surface area (Å²) in [5.41, 5.74) is 3.01. The van der Waals surface area contributed by atoms with E-state index in [1.54, 1.807) is 48.7 Å². The van der Waals surface area contributed by atoms with Gasteiger partial charge in [0, 0.05) is 33.3 Å². The molecule has 5 aromatic rings. The summed E-state index contributed by atoms with van der Waals surface area (Å²) in [4.78, 5) is 41.1. The van der Waals surface area contributed by atoms with E-state index in [0.717, 1.165) is 0 Å². The number of nitrogens with one attached hydrogen (secondary N) is 1. The number of nitrogens with zero attached hydrogens (tertiary/aromatic N) is 3. The van der Waals surface area contributed by atoms with Crippen LogP contribution in [-0.2, 0) is 11.3 Å². The second-order valence-corrected chi connectivity index (χ2v) is 8.65. The van der Waals surface area contributed by atoms with Crippen LogP contribution in [0.5, 0.6) is 0 Å². The van der Waals surface area contributed by atoms with Gasteiger partial charge >= 0.3 is 0 Å². The van der Waals surface area contributed by atoms with Gasteiger partial charge in [0.05, 0.1) is 21.7 Å². The number of para-hydroxylation sites is 2. The normalized spacial score (nSPS) is 11.1. The van der Waals surface area contributed by atoms with Crippen LogP contribution in [0.2, 0.25) is 0 Å². The molecule has 0 aliphatic carbocycles. The molecule has 0 unspecified atom stereocenters. The molecule has 0 bridgehead atoms. The molecular formula is C25H18N4O4S. The SMILES string of the molecule is Cc1ccc(-c2csc(NC(=O)Cn3c4ccccc4c(=O)c4ccccc43)n2)cc1[N+](=O)[O-]. The minimum Gasteiger partial charge on any atom is -0.331 e. The number of carbonyl (C=O) groups is 1. The third kappa shape index (κ3) is 3.82. The fourth-order valence-corrected chi connectivity index (χ4v) is 4.71. The molecule has 0 atom stereocenters. The van der Waals surface area contributed by atoms with E-state index in [4.69, 9.17) is 0 Å². The van der Waals surface area contributed by atoms with Gasteiger partial charge < -0.3 is 9.88 Å². The summed E-state index contributed by atoms with van der Waals surface area (Å²) < 4.78 is 1.82. The number of hydrogen-bond acceptors (Lipinski definition) is 6. The largest absolute Gasteiger partial charge is 0.331 e. The van der Waals surface area contributed by atoms with Crippen LogP contribution in [0.4, 0.5) is 10.8 Å². The molecule has 0 saturated heterocycles. The molecule has 2 heterocycles. The van der Waals surface area contributed by atoms with E-state index < -0.39 is 4.92 Å². The topological polar surface area (TPSA) is 107 Å². The molecule has 5 rings (SSSR count). The third-order valence-corrected chi connectivity index (χ3v) is 6.39. The molecule has 0 spiro atoms. The van der Waals surface area contributed by atoms with Crippen LogP contribution in [0.3, 0.4) is 0 Å². The quantitative estimate of drug-likeness (QED) is 0.218. The molecule has 0 radical (unpaired) electrons. The summed E-state index contributed by atoms with van der Waals surface area (Å²) in [6.07, 6.45) is 0. The number of anilines is 1. The maximum absolute atomic E-state index is 13.0. The first-order valence-corrected chi connectivity index (χ1v) is 11.3. The molecular weight excluding hydrogens is 452 g/mol. The summed E-state index contributed by atoms with van der Waals surface area (Å²) >= 11 is 1.24. The number of thiazole rings is 1. The second-order valence-electron chi connectivity index (χ2n) is 7.79. The summed E-state index contributed by atoms with van der Waals surface area (Å²) in [5.74, 6) is -0.297. The number of fused-ring (bicyclic) bond motifs is 2. The lowest BCUT2D eigenvalue weighted by molar-refractivity contribution is -0.385. The Bertz CT molecular complexity index is 1590. The highest BCUT2D eigenvalue weighted by atomic mass is 32.1. The minimum atomic E-state index is -0.424. The van der Waals surface area contributed by atoms with Gasteiger partial charge in [0.15, 0.2) is 10.6 Å². The Kier molecular flexibility index (Phi) is 5.39. The van der Waals surface area contributed by atoms with E-state index in [1.807, 2.05) is 28.8 Å². The molecule has 168 valence electrons. The second kappa shape index (κ2) is 8.53. The predicted molar refractivity (Wildman–Crippen MR) is 133 cm³/mol. The van der Waals surface area contributed by atoms with Crippen molar-refractivity contribution in [3.05, 3.63) is 98.0 Å². The molecule has 1 N–H and O–H groups in total. The third-order valence-electron chi connectivity index (χ3n) is 5.63. The van der Waals surface area contributed by atoms with Crippen molar-refractivity contribution < 1.29 is 9.72 Å². The fourth-order valence-electron chi connectivity index (χ4n) is 3.98. The van der Waals surface area contributed by atoms with Crippen molar-refractivity contribution >= 4 is 49.9 Å². The number of aryl methyl sites for hydroxylation is 1. The molecule has 3 aromatic carbocycles. The predicted octanol–water partition coefficient (Wildman–Crippen LogP) is 5.13. The summed E-state index contributed by atoms with van der Waals surface area (Å²) in [7, 11) is 0. The Balaban J connectivity index is 1.45. The zero-order valence-corrected chi connectivity index (χ0v) is 18.8. The van der Waals surface area contributed by atoms with Gasteiger partial charge in [-0.3, -0.25) is 19.7 Å². The smallest absolute Gasteiger partial charge is 0.272 e. The Hall–Kier alpha value is -4.37. The molecule has 2 aromatic heterocycles. The van der Waals surface area contributed by atoms with E-state index in [2.05, 4.69) is 10.3 Å². The van der Waals surface area contributed by atoms with Crippen LogP contribution in [0, 0.1) is 17.0 Å². The lowest BCUT2D eigenvalue weighted by atomic mass is 10.1. The van der Waals surface area contributed by atoms with Gasteiger partial charge in [-0.2, -0.15) is 0 Å². The summed E-state index contributed by atoms with van der Waals surface area (Å²) in [5, 5.41) is 17.3. The van der Waals surface area contributed by atoms with Crippen LogP contribution in [0.25, 0.3) is 33.1 Å². The van der Waals surface area contributed by atoms with Crippen molar-refractivity contribution in [2.24, 2.45) is 0 Å². The molecule has 0 aliphatic rings. The van der Waals surface area contributed by atoms with Crippen molar-refractivity contribution in [3.8, 4) is 11.3 Å². The fraction of sp³-hybridized carbons (Fsp3) is 0.0800. The van der Waals surface area contributed by atoms with Crippen molar-refractivity contribution in [1.82, 2.24) is 9.55 Å².